The van der Waals surface area contributed by atoms with Gasteiger partial charge in [-0.3, -0.25) is 14.8 Å². The minimum atomic E-state index is 0.0639. The Hall–Kier alpha value is -3.57. The van der Waals surface area contributed by atoms with E-state index >= 15 is 0 Å². The number of ether oxygens (including phenoxy) is 2. The molecule has 1 fully saturated rings. The minimum absolute atomic E-state index is 0.0639. The molecule has 2 atom stereocenters. The highest BCUT2D eigenvalue weighted by Crippen LogP contribution is 2.34. The standard InChI is InChI=1S/C30H28N2O3/c33-24-15-21-5-1-2-9-27(21)29(18-24)35-25-8-3-6-22(16-25)30-28(32-30)17-23-19-31-12-10-26(23)20-7-4-13-34-14-11-20/h1-3,5-6,8-10,12,16,18-20,28H,4,7,11,13-15,17H2. The van der Waals surface area contributed by atoms with Gasteiger partial charge in [0.25, 0.3) is 0 Å². The maximum absolute atomic E-state index is 12.2. The lowest BCUT2D eigenvalue weighted by Crippen LogP contribution is -2.12. The molecule has 0 bridgehead atoms. The molecule has 5 nitrogen and oxygen atoms in total. The molecule has 6 rings (SSSR count). The van der Waals surface area contributed by atoms with Crippen LogP contribution in [0.1, 0.15) is 53.0 Å². The van der Waals surface area contributed by atoms with Crippen LogP contribution in [0.5, 0.6) is 5.75 Å². The van der Waals surface area contributed by atoms with Crippen LogP contribution >= 0.6 is 0 Å². The van der Waals surface area contributed by atoms with Crippen LogP contribution in [0.15, 0.2) is 78.1 Å². The van der Waals surface area contributed by atoms with E-state index in [9.17, 15) is 4.79 Å². The van der Waals surface area contributed by atoms with Crippen LogP contribution in [-0.4, -0.2) is 35.7 Å². The molecular weight excluding hydrogens is 436 g/mol. The van der Waals surface area contributed by atoms with Gasteiger partial charge >= 0.3 is 0 Å². The first-order valence-corrected chi connectivity index (χ1v) is 12.4. The lowest BCUT2D eigenvalue weighted by molar-refractivity contribution is -0.114. The number of carbonyl (C=O) groups is 1. The maximum Gasteiger partial charge on any atom is 0.163 e. The Morgan fingerprint density at radius 1 is 1.03 bits per heavy atom. The molecule has 35 heavy (non-hydrogen) atoms. The van der Waals surface area contributed by atoms with Crippen molar-refractivity contribution >= 4 is 17.3 Å². The molecule has 1 aliphatic carbocycles. The molecule has 5 heteroatoms. The number of benzene rings is 2. The summed E-state index contributed by atoms with van der Waals surface area (Å²) in [5, 5.41) is 0. The van der Waals surface area contributed by atoms with Crippen molar-refractivity contribution in [1.82, 2.24) is 4.98 Å². The zero-order chi connectivity index (χ0) is 23.6. The zero-order valence-corrected chi connectivity index (χ0v) is 19.7. The Bertz CT molecular complexity index is 1320. The van der Waals surface area contributed by atoms with Crippen molar-refractivity contribution in [3.8, 4) is 5.75 Å². The van der Waals surface area contributed by atoms with Gasteiger partial charge in [0.15, 0.2) is 5.78 Å². The fourth-order valence-electron chi connectivity index (χ4n) is 5.28. The molecule has 3 heterocycles. The quantitative estimate of drug-likeness (QED) is 0.495. The van der Waals surface area contributed by atoms with Crippen LogP contribution in [0.2, 0.25) is 0 Å². The summed E-state index contributed by atoms with van der Waals surface area (Å²) < 4.78 is 11.9. The highest BCUT2D eigenvalue weighted by molar-refractivity contribution is 6.13. The summed E-state index contributed by atoms with van der Waals surface area (Å²) >= 11 is 0. The van der Waals surface area contributed by atoms with Crippen LogP contribution in [0.3, 0.4) is 0 Å². The van der Waals surface area contributed by atoms with Crippen molar-refractivity contribution < 1.29 is 14.3 Å². The lowest BCUT2D eigenvalue weighted by atomic mass is 9.88. The third-order valence-electron chi connectivity index (χ3n) is 7.09. The van der Waals surface area contributed by atoms with Gasteiger partial charge in [0.1, 0.15) is 11.5 Å². The molecule has 1 saturated heterocycles. The number of nitrogens with zero attached hydrogens (tertiary/aromatic N) is 2. The normalized spacial score (nSPS) is 21.4. The first-order valence-electron chi connectivity index (χ1n) is 12.4. The molecule has 0 saturated carbocycles. The second-order valence-corrected chi connectivity index (χ2v) is 9.49. The fourth-order valence-corrected chi connectivity index (χ4v) is 5.28. The third kappa shape index (κ3) is 4.82. The van der Waals surface area contributed by atoms with E-state index in [0.29, 0.717) is 23.8 Å². The lowest BCUT2D eigenvalue weighted by Gasteiger charge is -2.18. The highest BCUT2D eigenvalue weighted by Gasteiger charge is 2.31. The van der Waals surface area contributed by atoms with Gasteiger partial charge < -0.3 is 9.47 Å². The zero-order valence-electron chi connectivity index (χ0n) is 19.7. The average molecular weight is 465 g/mol. The number of hydrogen-bond acceptors (Lipinski definition) is 5. The van der Waals surface area contributed by atoms with Gasteiger partial charge in [0, 0.05) is 55.7 Å². The first-order chi connectivity index (χ1) is 17.2. The summed E-state index contributed by atoms with van der Waals surface area (Å²) in [5.41, 5.74) is 6.84. The number of carbonyl (C=O) groups excluding carboxylic acids is 1. The predicted molar refractivity (Wildman–Crippen MR) is 136 cm³/mol. The summed E-state index contributed by atoms with van der Waals surface area (Å²) in [7, 11) is 0. The van der Waals surface area contributed by atoms with Crippen molar-refractivity contribution in [3.63, 3.8) is 0 Å². The Morgan fingerprint density at radius 2 is 1.97 bits per heavy atom. The topological polar surface area (TPSA) is 60.8 Å². The summed E-state index contributed by atoms with van der Waals surface area (Å²) in [6, 6.07) is 18.3. The van der Waals surface area contributed by atoms with E-state index in [-0.39, 0.29) is 11.8 Å². The van der Waals surface area contributed by atoms with Crippen molar-refractivity contribution in [1.29, 1.82) is 0 Å². The Balaban J connectivity index is 1.16. The molecule has 3 aromatic rings. The highest BCUT2D eigenvalue weighted by atomic mass is 16.5. The number of hydrogen-bond donors (Lipinski definition) is 0. The van der Waals surface area contributed by atoms with E-state index in [1.165, 1.54) is 11.1 Å². The fraction of sp³-hybridized carbons (Fsp3) is 0.300. The molecule has 0 spiro atoms. The number of ketones is 1. The molecule has 0 radical (unpaired) electrons. The van der Waals surface area contributed by atoms with Crippen molar-refractivity contribution in [2.75, 3.05) is 13.2 Å². The van der Waals surface area contributed by atoms with Crippen LogP contribution in [0.25, 0.3) is 5.76 Å². The Morgan fingerprint density at radius 3 is 2.94 bits per heavy atom. The number of rotatable bonds is 6. The van der Waals surface area contributed by atoms with E-state index in [1.807, 2.05) is 54.9 Å². The summed E-state index contributed by atoms with van der Waals surface area (Å²) in [6.45, 7) is 1.69. The largest absolute Gasteiger partial charge is 0.457 e. The number of aromatic nitrogens is 1. The molecule has 0 N–H and O–H groups in total. The van der Waals surface area contributed by atoms with Gasteiger partial charge in [-0.05, 0) is 60.1 Å². The van der Waals surface area contributed by atoms with Crippen molar-refractivity contribution in [2.24, 2.45) is 4.99 Å². The third-order valence-corrected chi connectivity index (χ3v) is 7.09. The molecule has 0 amide bonds. The Kier molecular flexibility index (Phi) is 6.01. The average Bonchev–Trinajstić information content (AvgIpc) is 3.68. The second kappa shape index (κ2) is 9.59. The smallest absolute Gasteiger partial charge is 0.163 e. The summed E-state index contributed by atoms with van der Waals surface area (Å²) in [6.07, 6.45) is 10.1. The van der Waals surface area contributed by atoms with E-state index < -0.39 is 0 Å². The molecule has 1 aromatic heterocycles. The van der Waals surface area contributed by atoms with Gasteiger partial charge in [0.2, 0.25) is 0 Å². The van der Waals surface area contributed by atoms with Gasteiger partial charge in [-0.15, -0.1) is 0 Å². The number of fused-ring (bicyclic) bond motifs is 1. The van der Waals surface area contributed by atoms with E-state index in [0.717, 1.165) is 61.3 Å². The number of allylic oxidation sites excluding steroid dienone is 1. The van der Waals surface area contributed by atoms with E-state index in [4.69, 9.17) is 14.5 Å². The molecule has 3 aliphatic rings. The number of aliphatic imine (C=N–C) groups is 1. The summed E-state index contributed by atoms with van der Waals surface area (Å²) in [5.74, 6) is 1.92. The van der Waals surface area contributed by atoms with E-state index in [2.05, 4.69) is 17.1 Å². The van der Waals surface area contributed by atoms with Crippen LogP contribution in [0, 0.1) is 0 Å². The van der Waals surface area contributed by atoms with Crippen LogP contribution < -0.4 is 4.74 Å². The van der Waals surface area contributed by atoms with Gasteiger partial charge in [-0.2, -0.15) is 0 Å². The molecule has 2 unspecified atom stereocenters. The van der Waals surface area contributed by atoms with Gasteiger partial charge in [-0.1, -0.05) is 36.4 Å². The molecule has 2 aliphatic heterocycles. The first kappa shape index (κ1) is 21.9. The van der Waals surface area contributed by atoms with Gasteiger partial charge in [-0.25, -0.2) is 0 Å². The molecule has 176 valence electrons. The Labute approximate surface area is 205 Å². The monoisotopic (exact) mass is 464 g/mol. The predicted octanol–water partition coefficient (Wildman–Crippen LogP) is 5.32. The molecule has 2 aromatic carbocycles. The van der Waals surface area contributed by atoms with Crippen molar-refractivity contribution in [3.05, 3.63) is 101 Å². The van der Waals surface area contributed by atoms with Gasteiger partial charge in [0.05, 0.1) is 11.8 Å². The van der Waals surface area contributed by atoms with Crippen LogP contribution in [-0.2, 0) is 22.4 Å². The molecular formula is C30H28N2O3. The summed E-state index contributed by atoms with van der Waals surface area (Å²) in [4.78, 5) is 21.4. The maximum atomic E-state index is 12.2. The second-order valence-electron chi connectivity index (χ2n) is 9.49. The van der Waals surface area contributed by atoms with E-state index in [1.54, 1.807) is 6.08 Å². The SMILES string of the molecule is O=C1C=C(Oc2cccc(C3=NC3Cc3cnccc3C3CCCOCC3)c2)c2ccccc2C1. The van der Waals surface area contributed by atoms with Crippen molar-refractivity contribution in [2.45, 2.75) is 44.1 Å². The minimum Gasteiger partial charge on any atom is -0.457 e. The van der Waals surface area contributed by atoms with Crippen LogP contribution in [0.4, 0.5) is 0 Å². The number of pyridine rings is 1.